The van der Waals surface area contributed by atoms with Crippen LogP contribution < -0.4 is 19.6 Å². The fourth-order valence-corrected chi connectivity index (χ4v) is 8.89. The largest absolute Gasteiger partial charge is 0.330 e. The molecule has 6 nitrogen and oxygen atoms in total. The molecule has 58 heavy (non-hydrogen) atoms. The molecule has 4 amide bonds. The molecule has 2 saturated heterocycles. The second kappa shape index (κ2) is 16.3. The molecule has 0 aliphatic carbocycles. The smallest absolute Gasteiger partial charge is 0.286 e. The number of anilines is 4. The lowest BCUT2D eigenvalue weighted by Crippen LogP contribution is -2.43. The highest BCUT2D eigenvalue weighted by Gasteiger charge is 2.54. The van der Waals surface area contributed by atoms with E-state index in [0.29, 0.717) is 20.1 Å². The van der Waals surface area contributed by atoms with Gasteiger partial charge in [-0.25, -0.2) is 9.59 Å². The van der Waals surface area contributed by atoms with Gasteiger partial charge in [-0.3, -0.25) is 19.6 Å². The molecule has 0 unspecified atom stereocenters. The number of rotatable bonds is 6. The van der Waals surface area contributed by atoms with E-state index in [2.05, 4.69) is 77.9 Å². The first kappa shape index (κ1) is 41.2. The molecular formula is C48H44Cl4N4O2. The van der Waals surface area contributed by atoms with Gasteiger partial charge in [-0.2, -0.15) is 0 Å². The van der Waals surface area contributed by atoms with Crippen molar-refractivity contribution in [3.63, 3.8) is 0 Å². The van der Waals surface area contributed by atoms with E-state index in [4.69, 9.17) is 46.4 Å². The monoisotopic (exact) mass is 848 g/mol. The third-order valence-corrected chi connectivity index (χ3v) is 11.9. The molecule has 2 heterocycles. The van der Waals surface area contributed by atoms with E-state index in [1.165, 1.54) is 0 Å². The summed E-state index contributed by atoms with van der Waals surface area (Å²) >= 11 is 24.4. The van der Waals surface area contributed by atoms with E-state index in [9.17, 15) is 9.59 Å². The molecule has 0 spiro atoms. The van der Waals surface area contributed by atoms with Crippen LogP contribution in [0.5, 0.6) is 0 Å². The third-order valence-electron chi connectivity index (χ3n) is 10.9. The summed E-state index contributed by atoms with van der Waals surface area (Å²) in [5.74, 6) is 0. The number of hydrogen-bond acceptors (Lipinski definition) is 2. The number of halogens is 4. The van der Waals surface area contributed by atoms with Gasteiger partial charge in [-0.05, 0) is 150 Å². The Balaban J connectivity index is 0.000000177. The lowest BCUT2D eigenvalue weighted by molar-refractivity contribution is 0.253. The molecule has 2 atom stereocenters. The fourth-order valence-electron chi connectivity index (χ4n) is 8.39. The Hall–Kier alpha value is -4.98. The minimum absolute atomic E-state index is 0.0776. The first-order valence-corrected chi connectivity index (χ1v) is 20.5. The highest BCUT2D eigenvalue weighted by Crippen LogP contribution is 2.49. The van der Waals surface area contributed by atoms with Gasteiger partial charge < -0.3 is 0 Å². The second-order valence-corrected chi connectivity index (χ2v) is 17.6. The van der Waals surface area contributed by atoms with Crippen LogP contribution in [0.15, 0.2) is 146 Å². The first-order chi connectivity index (χ1) is 27.6. The number of amides is 4. The predicted molar refractivity (Wildman–Crippen MR) is 243 cm³/mol. The van der Waals surface area contributed by atoms with Crippen molar-refractivity contribution in [1.82, 2.24) is 0 Å². The Morgan fingerprint density at radius 1 is 0.414 bits per heavy atom. The van der Waals surface area contributed by atoms with Crippen molar-refractivity contribution < 1.29 is 9.59 Å². The van der Waals surface area contributed by atoms with Crippen LogP contribution in [0.1, 0.15) is 62.0 Å². The van der Waals surface area contributed by atoms with E-state index >= 15 is 0 Å². The summed E-state index contributed by atoms with van der Waals surface area (Å²) in [6.07, 6.45) is 0. The molecule has 10 heteroatoms. The van der Waals surface area contributed by atoms with Gasteiger partial charge in [0, 0.05) is 42.8 Å². The molecule has 296 valence electrons. The summed E-state index contributed by atoms with van der Waals surface area (Å²) in [7, 11) is 0. The van der Waals surface area contributed by atoms with Crippen molar-refractivity contribution in [2.45, 2.75) is 64.7 Å². The van der Waals surface area contributed by atoms with Gasteiger partial charge in [0.25, 0.3) is 0 Å². The van der Waals surface area contributed by atoms with Crippen LogP contribution in [0, 0.1) is 13.8 Å². The molecule has 2 fully saturated rings. The number of carbonyl (C=O) groups excluding carboxylic acids is 2. The number of nitrogens with zero attached hydrogens (tertiary/aromatic N) is 4. The lowest BCUT2D eigenvalue weighted by Gasteiger charge is -2.35. The molecule has 8 rings (SSSR count). The van der Waals surface area contributed by atoms with Crippen molar-refractivity contribution in [3.05, 3.63) is 188 Å². The van der Waals surface area contributed by atoms with Gasteiger partial charge in [0.05, 0.1) is 23.2 Å². The van der Waals surface area contributed by atoms with Gasteiger partial charge in [-0.1, -0.05) is 106 Å². The molecule has 0 saturated carbocycles. The summed E-state index contributed by atoms with van der Waals surface area (Å²) < 4.78 is 0. The second-order valence-electron chi connectivity index (χ2n) is 15.8. The van der Waals surface area contributed by atoms with Crippen LogP contribution >= 0.6 is 46.4 Å². The molecule has 0 radical (unpaired) electrons. The summed E-state index contributed by atoms with van der Waals surface area (Å²) in [4.78, 5) is 34.9. The van der Waals surface area contributed by atoms with E-state index in [1.54, 1.807) is 0 Å². The van der Waals surface area contributed by atoms with Crippen molar-refractivity contribution in [1.29, 1.82) is 0 Å². The minimum atomic E-state index is -0.502. The molecule has 2 aliphatic rings. The van der Waals surface area contributed by atoms with Gasteiger partial charge in [-0.15, -0.1) is 0 Å². The summed E-state index contributed by atoms with van der Waals surface area (Å²) in [5.41, 5.74) is 6.77. The van der Waals surface area contributed by atoms with Crippen molar-refractivity contribution in [2.75, 3.05) is 19.6 Å². The van der Waals surface area contributed by atoms with Gasteiger partial charge in [0.15, 0.2) is 0 Å². The van der Waals surface area contributed by atoms with Crippen molar-refractivity contribution in [3.8, 4) is 0 Å². The van der Waals surface area contributed by atoms with Crippen LogP contribution in [0.2, 0.25) is 20.1 Å². The van der Waals surface area contributed by atoms with Crippen LogP contribution in [-0.2, 0) is 0 Å². The van der Waals surface area contributed by atoms with Crippen molar-refractivity contribution >= 4 is 81.2 Å². The Morgan fingerprint density at radius 3 is 0.966 bits per heavy atom. The zero-order chi connectivity index (χ0) is 41.5. The van der Waals surface area contributed by atoms with Gasteiger partial charge in [0.2, 0.25) is 0 Å². The van der Waals surface area contributed by atoms with E-state index < -0.39 is 11.1 Å². The number of benzene rings is 6. The first-order valence-electron chi connectivity index (χ1n) is 19.0. The standard InChI is InChI=1S/2C24H22Cl2N2O/c2*1-16-5-4-6-17(15-16)22-24(2,3)28(21-13-9-19(26)10-14-21)23(29)27(22)20-11-7-18(25)8-12-20/h2*4-15,22H,1-3H3/t2*22-/m10/s1. The van der Waals surface area contributed by atoms with Crippen molar-refractivity contribution in [2.24, 2.45) is 0 Å². The quantitative estimate of drug-likeness (QED) is 0.168. The average Bonchev–Trinajstić information content (AvgIpc) is 3.53. The maximum Gasteiger partial charge on any atom is 0.330 e. The Morgan fingerprint density at radius 2 is 0.690 bits per heavy atom. The highest BCUT2D eigenvalue weighted by atomic mass is 35.5. The highest BCUT2D eigenvalue weighted by molar-refractivity contribution is 6.31. The Bertz CT molecular complexity index is 2260. The Labute approximate surface area is 361 Å². The SMILES string of the molecule is Cc1cccc([C@@H]2N(c3ccc(Cl)cc3)C(=O)N(c3ccc(Cl)cc3)C2(C)C)c1.Cc1cccc([C@H]2N(c3ccc(Cl)cc3)C(=O)N(c3ccc(Cl)cc3)C2(C)C)c1. The maximum atomic E-state index is 13.7. The Kier molecular flexibility index (Phi) is 11.6. The topological polar surface area (TPSA) is 47.1 Å². The molecule has 6 aromatic carbocycles. The molecular weight excluding hydrogens is 806 g/mol. The molecule has 0 N–H and O–H groups in total. The summed E-state index contributed by atoms with van der Waals surface area (Å²) in [5, 5.41) is 2.56. The van der Waals surface area contributed by atoms with Crippen LogP contribution in [-0.4, -0.2) is 23.1 Å². The van der Waals surface area contributed by atoms with E-state index in [0.717, 1.165) is 45.0 Å². The summed E-state index contributed by atoms with van der Waals surface area (Å²) in [6, 6.07) is 45.8. The number of carbonyl (C=O) groups is 2. The zero-order valence-electron chi connectivity index (χ0n) is 33.1. The van der Waals surface area contributed by atoms with Gasteiger partial charge in [0.1, 0.15) is 0 Å². The summed E-state index contributed by atoms with van der Waals surface area (Å²) in [6.45, 7) is 12.5. The number of hydrogen-bond donors (Lipinski definition) is 0. The van der Waals surface area contributed by atoms with Crippen LogP contribution in [0.3, 0.4) is 0 Å². The van der Waals surface area contributed by atoms with Crippen LogP contribution in [0.25, 0.3) is 0 Å². The molecule has 6 aromatic rings. The van der Waals surface area contributed by atoms with Crippen LogP contribution in [0.4, 0.5) is 32.3 Å². The maximum absolute atomic E-state index is 13.7. The minimum Gasteiger partial charge on any atom is -0.286 e. The molecule has 0 aromatic heterocycles. The zero-order valence-corrected chi connectivity index (χ0v) is 36.2. The van der Waals surface area contributed by atoms with E-state index in [1.807, 2.05) is 129 Å². The molecule has 2 aliphatic heterocycles. The van der Waals surface area contributed by atoms with E-state index in [-0.39, 0.29) is 24.1 Å². The normalized spacial score (nSPS) is 18.4. The number of urea groups is 2. The fraction of sp³-hybridized carbons (Fsp3) is 0.208. The third kappa shape index (κ3) is 7.91. The molecule has 0 bridgehead atoms. The predicted octanol–water partition coefficient (Wildman–Crippen LogP) is 14.5. The average molecular weight is 851 g/mol. The van der Waals surface area contributed by atoms with Gasteiger partial charge >= 0.3 is 12.1 Å². The lowest BCUT2D eigenvalue weighted by atomic mass is 9.87. The number of aryl methyl sites for hydroxylation is 2.